The van der Waals surface area contributed by atoms with Gasteiger partial charge in [-0.15, -0.1) is 0 Å². The third-order valence-electron chi connectivity index (χ3n) is 3.56. The molecule has 2 rings (SSSR count). The Bertz CT molecular complexity index is 252. The van der Waals surface area contributed by atoms with Crippen molar-refractivity contribution in [3.63, 3.8) is 0 Å². The molecule has 0 bridgehead atoms. The van der Waals surface area contributed by atoms with Crippen molar-refractivity contribution in [2.45, 2.75) is 50.8 Å². The van der Waals surface area contributed by atoms with E-state index in [1.807, 2.05) is 4.90 Å². The Morgan fingerprint density at radius 3 is 2.94 bits per heavy atom. The van der Waals surface area contributed by atoms with Crippen LogP contribution < -0.4 is 5.32 Å². The molecule has 2 fully saturated rings. The molecule has 0 aromatic carbocycles. The molecule has 5 nitrogen and oxygen atoms in total. The molecule has 0 radical (unpaired) electrons. The highest BCUT2D eigenvalue weighted by Crippen LogP contribution is 2.20. The predicted octanol–water partition coefficient (Wildman–Crippen LogP) is 1.07. The monoisotopic (exact) mass is 242 g/mol. The first kappa shape index (κ1) is 12.6. The van der Waals surface area contributed by atoms with Gasteiger partial charge in [0.15, 0.2) is 0 Å². The summed E-state index contributed by atoms with van der Waals surface area (Å²) in [5, 5.41) is 11.9. The van der Waals surface area contributed by atoms with Crippen LogP contribution in [0.15, 0.2) is 0 Å². The first-order chi connectivity index (χ1) is 8.31. The second kappa shape index (κ2) is 6.21. The molecule has 0 spiro atoms. The Hall–Kier alpha value is -0.810. The lowest BCUT2D eigenvalue weighted by Crippen LogP contribution is -2.51. The molecule has 98 valence electrons. The highest BCUT2D eigenvalue weighted by molar-refractivity contribution is 5.74. The summed E-state index contributed by atoms with van der Waals surface area (Å²) in [4.78, 5) is 14.0. The molecule has 2 aliphatic heterocycles. The number of carbonyl (C=O) groups is 1. The van der Waals surface area contributed by atoms with E-state index >= 15 is 0 Å². The van der Waals surface area contributed by atoms with Crippen molar-refractivity contribution in [2.24, 2.45) is 0 Å². The molecule has 2 unspecified atom stereocenters. The van der Waals surface area contributed by atoms with Crippen molar-refractivity contribution >= 4 is 6.03 Å². The number of carbonyl (C=O) groups excluding carboxylic acids is 1. The van der Waals surface area contributed by atoms with E-state index < -0.39 is 0 Å². The van der Waals surface area contributed by atoms with Gasteiger partial charge in [-0.3, -0.25) is 0 Å². The normalized spacial score (nSPS) is 29.4. The molecule has 2 atom stereocenters. The van der Waals surface area contributed by atoms with Gasteiger partial charge in [0, 0.05) is 25.8 Å². The number of aliphatic hydroxyl groups excluding tert-OH is 1. The van der Waals surface area contributed by atoms with Crippen LogP contribution in [0, 0.1) is 0 Å². The smallest absolute Gasteiger partial charge is 0.319 e. The molecule has 2 N–H and O–H groups in total. The van der Waals surface area contributed by atoms with Crippen molar-refractivity contribution in [3.05, 3.63) is 0 Å². The lowest BCUT2D eigenvalue weighted by molar-refractivity contribution is 0.0733. The molecule has 2 heterocycles. The fourth-order valence-corrected chi connectivity index (χ4v) is 2.63. The first-order valence-electron chi connectivity index (χ1n) is 6.61. The zero-order chi connectivity index (χ0) is 12.1. The second-order valence-electron chi connectivity index (χ2n) is 4.81. The lowest BCUT2D eigenvalue weighted by Gasteiger charge is -2.36. The topological polar surface area (TPSA) is 61.8 Å². The number of aliphatic hydroxyl groups is 1. The van der Waals surface area contributed by atoms with Gasteiger partial charge in [0.25, 0.3) is 0 Å². The van der Waals surface area contributed by atoms with Crippen molar-refractivity contribution in [1.82, 2.24) is 10.2 Å². The van der Waals surface area contributed by atoms with E-state index in [1.54, 1.807) is 0 Å². The predicted molar refractivity (Wildman–Crippen MR) is 63.6 cm³/mol. The van der Waals surface area contributed by atoms with E-state index in [1.165, 1.54) is 0 Å². The van der Waals surface area contributed by atoms with Crippen LogP contribution in [0.5, 0.6) is 0 Å². The SMILES string of the molecule is O=C(NC1CCCO1)N1CCCCC1CCO. The summed E-state index contributed by atoms with van der Waals surface area (Å²) in [6, 6.07) is 0.158. The minimum absolute atomic E-state index is 0.0324. The Kier molecular flexibility index (Phi) is 4.62. The number of piperidine rings is 1. The van der Waals surface area contributed by atoms with Crippen LogP contribution in [-0.4, -0.2) is 48.1 Å². The summed E-state index contributed by atoms with van der Waals surface area (Å²) in [5.41, 5.74) is 0. The van der Waals surface area contributed by atoms with Crippen molar-refractivity contribution < 1.29 is 14.6 Å². The second-order valence-corrected chi connectivity index (χ2v) is 4.81. The first-order valence-corrected chi connectivity index (χ1v) is 6.61. The minimum Gasteiger partial charge on any atom is -0.396 e. The number of nitrogens with zero attached hydrogens (tertiary/aromatic N) is 1. The molecular weight excluding hydrogens is 220 g/mol. The summed E-state index contributed by atoms with van der Waals surface area (Å²) in [6.07, 6.45) is 5.70. The van der Waals surface area contributed by atoms with E-state index in [4.69, 9.17) is 9.84 Å². The lowest BCUT2D eigenvalue weighted by atomic mass is 10.0. The van der Waals surface area contributed by atoms with Crippen LogP contribution >= 0.6 is 0 Å². The Balaban J connectivity index is 1.86. The number of ether oxygens (including phenoxy) is 1. The largest absolute Gasteiger partial charge is 0.396 e. The van der Waals surface area contributed by atoms with E-state index in [0.29, 0.717) is 6.42 Å². The molecule has 0 aromatic rings. The Morgan fingerprint density at radius 2 is 2.24 bits per heavy atom. The summed E-state index contributed by atoms with van der Waals surface area (Å²) < 4.78 is 5.40. The molecule has 2 aliphatic rings. The number of nitrogens with one attached hydrogen (secondary N) is 1. The van der Waals surface area contributed by atoms with Gasteiger partial charge in [-0.25, -0.2) is 4.79 Å². The van der Waals surface area contributed by atoms with Gasteiger partial charge in [-0.2, -0.15) is 0 Å². The maximum absolute atomic E-state index is 12.1. The fraction of sp³-hybridized carbons (Fsp3) is 0.917. The zero-order valence-electron chi connectivity index (χ0n) is 10.2. The van der Waals surface area contributed by atoms with Crippen LogP contribution in [0.1, 0.15) is 38.5 Å². The average Bonchev–Trinajstić information content (AvgIpc) is 2.83. The van der Waals surface area contributed by atoms with Gasteiger partial charge in [0.2, 0.25) is 0 Å². The summed E-state index contributed by atoms with van der Waals surface area (Å²) >= 11 is 0. The van der Waals surface area contributed by atoms with Crippen molar-refractivity contribution in [1.29, 1.82) is 0 Å². The maximum atomic E-state index is 12.1. The van der Waals surface area contributed by atoms with Crippen LogP contribution in [0.25, 0.3) is 0 Å². The molecule has 2 amide bonds. The zero-order valence-corrected chi connectivity index (χ0v) is 10.2. The van der Waals surface area contributed by atoms with Gasteiger partial charge in [-0.1, -0.05) is 0 Å². The van der Waals surface area contributed by atoms with Gasteiger partial charge in [-0.05, 0) is 38.5 Å². The van der Waals surface area contributed by atoms with Crippen LogP contribution in [0.3, 0.4) is 0 Å². The van der Waals surface area contributed by atoms with Gasteiger partial charge >= 0.3 is 6.03 Å². The standard InChI is InChI=1S/C12H22N2O3/c15-8-6-10-4-1-2-7-14(10)12(16)13-11-5-3-9-17-11/h10-11,15H,1-9H2,(H,13,16). The average molecular weight is 242 g/mol. The van der Waals surface area contributed by atoms with Crippen molar-refractivity contribution in [3.8, 4) is 0 Å². The highest BCUT2D eigenvalue weighted by atomic mass is 16.5. The number of amides is 2. The quantitative estimate of drug-likeness (QED) is 0.778. The molecule has 0 saturated carbocycles. The van der Waals surface area contributed by atoms with E-state index in [0.717, 1.165) is 45.3 Å². The van der Waals surface area contributed by atoms with Gasteiger partial charge in [0.05, 0.1) is 0 Å². The van der Waals surface area contributed by atoms with E-state index in [9.17, 15) is 4.79 Å². The van der Waals surface area contributed by atoms with Gasteiger partial charge in [0.1, 0.15) is 6.23 Å². The van der Waals surface area contributed by atoms with Crippen LogP contribution in [0.4, 0.5) is 4.79 Å². The molecule has 2 saturated heterocycles. The highest BCUT2D eigenvalue weighted by Gasteiger charge is 2.28. The van der Waals surface area contributed by atoms with E-state index in [-0.39, 0.29) is 24.9 Å². The van der Waals surface area contributed by atoms with Gasteiger partial charge < -0.3 is 20.1 Å². The fourth-order valence-electron chi connectivity index (χ4n) is 2.63. The third-order valence-corrected chi connectivity index (χ3v) is 3.56. The van der Waals surface area contributed by atoms with Crippen LogP contribution in [0.2, 0.25) is 0 Å². The molecular formula is C12H22N2O3. The minimum atomic E-state index is -0.112. The summed E-state index contributed by atoms with van der Waals surface area (Å²) in [7, 11) is 0. The molecule has 0 aliphatic carbocycles. The molecule has 17 heavy (non-hydrogen) atoms. The van der Waals surface area contributed by atoms with Crippen molar-refractivity contribution in [2.75, 3.05) is 19.8 Å². The Morgan fingerprint density at radius 1 is 1.35 bits per heavy atom. The third kappa shape index (κ3) is 3.33. The van der Waals surface area contributed by atoms with E-state index in [2.05, 4.69) is 5.32 Å². The summed E-state index contributed by atoms with van der Waals surface area (Å²) in [6.45, 7) is 1.68. The number of hydrogen-bond donors (Lipinski definition) is 2. The maximum Gasteiger partial charge on any atom is 0.319 e. The molecule has 5 heteroatoms. The number of rotatable bonds is 3. The number of hydrogen-bond acceptors (Lipinski definition) is 3. The Labute approximate surface area is 102 Å². The van der Waals surface area contributed by atoms with Crippen LogP contribution in [-0.2, 0) is 4.74 Å². The summed E-state index contributed by atoms with van der Waals surface area (Å²) in [5.74, 6) is 0. The number of urea groups is 1. The number of likely N-dealkylation sites (tertiary alicyclic amines) is 1. The molecule has 0 aromatic heterocycles.